The van der Waals surface area contributed by atoms with Crippen LogP contribution in [0.1, 0.15) is 13.3 Å². The number of ether oxygens (including phenoxy) is 1. The maximum atomic E-state index is 12.0. The van der Waals surface area contributed by atoms with Gasteiger partial charge >= 0.3 is 0 Å². The van der Waals surface area contributed by atoms with Crippen molar-refractivity contribution < 1.29 is 14.3 Å². The number of benzene rings is 1. The summed E-state index contributed by atoms with van der Waals surface area (Å²) in [5, 5.41) is 3.45. The predicted molar refractivity (Wildman–Crippen MR) is 95.4 cm³/mol. The molecule has 134 valence electrons. The molecule has 1 aromatic rings. The van der Waals surface area contributed by atoms with Gasteiger partial charge in [0, 0.05) is 19.1 Å². The first-order chi connectivity index (χ1) is 11.4. The Morgan fingerprint density at radius 2 is 1.83 bits per heavy atom. The Hall–Kier alpha value is -1.79. The molecule has 0 aliphatic carbocycles. The van der Waals surface area contributed by atoms with Crippen molar-refractivity contribution in [1.29, 1.82) is 0 Å². The summed E-state index contributed by atoms with van der Waals surface area (Å²) in [7, 11) is 3.42. The summed E-state index contributed by atoms with van der Waals surface area (Å²) in [6.07, 6.45) is 0.883. The molecule has 0 aromatic heterocycles. The molecule has 0 fully saturated rings. The van der Waals surface area contributed by atoms with E-state index in [1.165, 1.54) is 4.90 Å². The molecule has 0 heterocycles. The van der Waals surface area contributed by atoms with Crippen molar-refractivity contribution >= 4 is 23.4 Å². The predicted octanol–water partition coefficient (Wildman–Crippen LogP) is 1.64. The van der Waals surface area contributed by atoms with E-state index in [-0.39, 0.29) is 24.9 Å². The third-order valence-electron chi connectivity index (χ3n) is 3.27. The normalized spacial score (nSPS) is 10.5. The fourth-order valence-electron chi connectivity index (χ4n) is 2.01. The number of likely N-dealkylation sites (N-methyl/N-ethyl adjacent to an activating group) is 1. The second kappa shape index (κ2) is 10.9. The fraction of sp³-hybridized carbons (Fsp3) is 0.529. The number of hydrogen-bond donors (Lipinski definition) is 1. The molecule has 2 amide bonds. The zero-order chi connectivity index (χ0) is 17.9. The van der Waals surface area contributed by atoms with Crippen molar-refractivity contribution in [2.75, 3.05) is 46.9 Å². The number of carbonyl (C=O) groups excluding carboxylic acids is 2. The molecule has 1 aromatic carbocycles. The Bertz CT molecular complexity index is 520. The Labute approximate surface area is 148 Å². The molecular formula is C17H26ClN3O3. The summed E-state index contributed by atoms with van der Waals surface area (Å²) < 4.78 is 5.51. The van der Waals surface area contributed by atoms with Crippen molar-refractivity contribution in [3.05, 3.63) is 29.3 Å². The summed E-state index contributed by atoms with van der Waals surface area (Å²) in [6, 6.07) is 7.06. The molecule has 0 saturated carbocycles. The average Bonchev–Trinajstić information content (AvgIpc) is 2.53. The molecule has 1 rings (SSSR count). The third kappa shape index (κ3) is 8.17. The molecule has 0 radical (unpaired) electrons. The van der Waals surface area contributed by atoms with E-state index in [0.29, 0.717) is 30.5 Å². The molecular weight excluding hydrogens is 330 g/mol. The number of nitrogens with one attached hydrogen (secondary N) is 1. The summed E-state index contributed by atoms with van der Waals surface area (Å²) >= 11 is 5.80. The van der Waals surface area contributed by atoms with E-state index in [0.717, 1.165) is 6.42 Å². The van der Waals surface area contributed by atoms with Gasteiger partial charge in [0.1, 0.15) is 12.4 Å². The Balaban J connectivity index is 2.29. The van der Waals surface area contributed by atoms with Crippen molar-refractivity contribution in [3.8, 4) is 5.75 Å². The highest BCUT2D eigenvalue weighted by Crippen LogP contribution is 2.15. The van der Waals surface area contributed by atoms with Crippen LogP contribution in [0.15, 0.2) is 24.3 Å². The molecule has 0 unspecified atom stereocenters. The summed E-state index contributed by atoms with van der Waals surface area (Å²) in [5.41, 5.74) is 0. The zero-order valence-corrected chi connectivity index (χ0v) is 15.3. The molecule has 0 aliphatic rings. The summed E-state index contributed by atoms with van der Waals surface area (Å²) in [6.45, 7) is 3.95. The number of hydrogen-bond acceptors (Lipinski definition) is 4. The summed E-state index contributed by atoms with van der Waals surface area (Å²) in [5.74, 6) is 0.579. The standard InChI is InChI=1S/C17H26ClN3O3/c1-4-10-21(13-17(23)20(2)3)12-16(22)19-9-11-24-15-7-5-14(18)6-8-15/h5-8H,4,9-13H2,1-3H3,(H,19,22). The maximum absolute atomic E-state index is 12.0. The minimum absolute atomic E-state index is 0.0117. The van der Waals surface area contributed by atoms with Crippen LogP contribution in [0.2, 0.25) is 5.02 Å². The van der Waals surface area contributed by atoms with Crippen LogP contribution in [-0.4, -0.2) is 68.5 Å². The Kier molecular flexibility index (Phi) is 9.19. The van der Waals surface area contributed by atoms with Gasteiger partial charge in [-0.15, -0.1) is 0 Å². The van der Waals surface area contributed by atoms with Gasteiger partial charge in [0.15, 0.2) is 0 Å². The van der Waals surface area contributed by atoms with E-state index in [2.05, 4.69) is 5.32 Å². The van der Waals surface area contributed by atoms with Gasteiger partial charge in [0.05, 0.1) is 19.6 Å². The highest BCUT2D eigenvalue weighted by molar-refractivity contribution is 6.30. The molecule has 24 heavy (non-hydrogen) atoms. The minimum atomic E-state index is -0.116. The molecule has 0 atom stereocenters. The van der Waals surface area contributed by atoms with Crippen LogP contribution in [0.5, 0.6) is 5.75 Å². The van der Waals surface area contributed by atoms with E-state index < -0.39 is 0 Å². The third-order valence-corrected chi connectivity index (χ3v) is 3.52. The van der Waals surface area contributed by atoms with Crippen LogP contribution in [0.25, 0.3) is 0 Å². The lowest BCUT2D eigenvalue weighted by Gasteiger charge is -2.22. The lowest BCUT2D eigenvalue weighted by Crippen LogP contribution is -2.43. The van der Waals surface area contributed by atoms with Gasteiger partial charge in [-0.1, -0.05) is 18.5 Å². The van der Waals surface area contributed by atoms with E-state index in [1.54, 1.807) is 38.4 Å². The van der Waals surface area contributed by atoms with Gasteiger partial charge < -0.3 is 15.0 Å². The highest BCUT2D eigenvalue weighted by Gasteiger charge is 2.14. The average molecular weight is 356 g/mol. The van der Waals surface area contributed by atoms with E-state index >= 15 is 0 Å². The smallest absolute Gasteiger partial charge is 0.236 e. The molecule has 1 N–H and O–H groups in total. The number of carbonyl (C=O) groups is 2. The lowest BCUT2D eigenvalue weighted by molar-refractivity contribution is -0.130. The summed E-state index contributed by atoms with van der Waals surface area (Å²) in [4.78, 5) is 27.1. The van der Waals surface area contributed by atoms with Crippen LogP contribution >= 0.6 is 11.6 Å². The van der Waals surface area contributed by atoms with Gasteiger partial charge in [-0.2, -0.15) is 0 Å². The van der Waals surface area contributed by atoms with E-state index in [9.17, 15) is 9.59 Å². The SMILES string of the molecule is CCCN(CC(=O)NCCOc1ccc(Cl)cc1)CC(=O)N(C)C. The van der Waals surface area contributed by atoms with Gasteiger partial charge in [-0.25, -0.2) is 0 Å². The molecule has 7 heteroatoms. The van der Waals surface area contributed by atoms with Gasteiger partial charge in [0.2, 0.25) is 11.8 Å². The quantitative estimate of drug-likeness (QED) is 0.648. The van der Waals surface area contributed by atoms with Crippen LogP contribution in [0, 0.1) is 0 Å². The van der Waals surface area contributed by atoms with Crippen molar-refractivity contribution in [2.45, 2.75) is 13.3 Å². The van der Waals surface area contributed by atoms with Crippen molar-refractivity contribution in [2.24, 2.45) is 0 Å². The Morgan fingerprint density at radius 3 is 2.42 bits per heavy atom. The molecule has 0 bridgehead atoms. The Morgan fingerprint density at radius 1 is 1.17 bits per heavy atom. The van der Waals surface area contributed by atoms with Crippen molar-refractivity contribution in [3.63, 3.8) is 0 Å². The van der Waals surface area contributed by atoms with E-state index in [4.69, 9.17) is 16.3 Å². The van der Waals surface area contributed by atoms with E-state index in [1.807, 2.05) is 11.8 Å². The first-order valence-electron chi connectivity index (χ1n) is 8.00. The second-order valence-corrected chi connectivity index (χ2v) is 6.09. The van der Waals surface area contributed by atoms with Crippen molar-refractivity contribution in [1.82, 2.24) is 15.1 Å². The van der Waals surface area contributed by atoms with Gasteiger partial charge in [-0.05, 0) is 37.2 Å². The van der Waals surface area contributed by atoms with Crippen LogP contribution < -0.4 is 10.1 Å². The van der Waals surface area contributed by atoms with Crippen LogP contribution in [0.4, 0.5) is 0 Å². The number of halogens is 1. The number of nitrogens with zero attached hydrogens (tertiary/aromatic N) is 2. The lowest BCUT2D eigenvalue weighted by atomic mass is 10.3. The second-order valence-electron chi connectivity index (χ2n) is 5.65. The molecule has 0 aliphatic heterocycles. The highest BCUT2D eigenvalue weighted by atomic mass is 35.5. The molecule has 6 nitrogen and oxygen atoms in total. The first-order valence-corrected chi connectivity index (χ1v) is 8.37. The van der Waals surface area contributed by atoms with Gasteiger partial charge in [0.25, 0.3) is 0 Å². The van der Waals surface area contributed by atoms with Crippen LogP contribution in [-0.2, 0) is 9.59 Å². The topological polar surface area (TPSA) is 61.9 Å². The maximum Gasteiger partial charge on any atom is 0.236 e. The van der Waals surface area contributed by atoms with Crippen LogP contribution in [0.3, 0.4) is 0 Å². The molecule has 0 saturated heterocycles. The molecule has 0 spiro atoms. The fourth-order valence-corrected chi connectivity index (χ4v) is 2.14. The first kappa shape index (κ1) is 20.3. The van der Waals surface area contributed by atoms with Gasteiger partial charge in [-0.3, -0.25) is 14.5 Å². The number of amides is 2. The largest absolute Gasteiger partial charge is 0.492 e. The minimum Gasteiger partial charge on any atom is -0.492 e. The zero-order valence-electron chi connectivity index (χ0n) is 14.5. The monoisotopic (exact) mass is 355 g/mol. The number of rotatable bonds is 10.